The molecule has 2 N–H and O–H groups in total. The third kappa shape index (κ3) is 8.29. The second kappa shape index (κ2) is 11.1. The van der Waals surface area contributed by atoms with Crippen LogP contribution in [0.25, 0.3) is 0 Å². The van der Waals surface area contributed by atoms with Crippen molar-refractivity contribution in [3.8, 4) is 5.75 Å². The number of carbonyl (C=O) groups excluding carboxylic acids is 1. The van der Waals surface area contributed by atoms with Crippen molar-refractivity contribution in [2.24, 2.45) is 0 Å². The molecule has 0 fully saturated rings. The van der Waals surface area contributed by atoms with Crippen molar-refractivity contribution in [3.63, 3.8) is 0 Å². The fourth-order valence-electron chi connectivity index (χ4n) is 1.63. The van der Waals surface area contributed by atoms with Crippen LogP contribution in [-0.2, 0) is 14.3 Å². The number of rotatable bonds is 11. The van der Waals surface area contributed by atoms with E-state index in [-0.39, 0.29) is 12.5 Å². The van der Waals surface area contributed by atoms with Gasteiger partial charge in [-0.3, -0.25) is 4.79 Å². The van der Waals surface area contributed by atoms with E-state index in [9.17, 15) is 4.79 Å². The van der Waals surface area contributed by atoms with E-state index in [0.717, 1.165) is 24.4 Å². The van der Waals surface area contributed by atoms with Crippen molar-refractivity contribution >= 4 is 11.6 Å². The van der Waals surface area contributed by atoms with Gasteiger partial charge in [0.2, 0.25) is 5.91 Å². The molecule has 1 amide bonds. The Morgan fingerprint density at radius 2 is 1.86 bits per heavy atom. The molecule has 0 spiro atoms. The average Bonchev–Trinajstić information content (AvgIpc) is 2.50. The highest BCUT2D eigenvalue weighted by Crippen LogP contribution is 2.14. The highest BCUT2D eigenvalue weighted by molar-refractivity contribution is 5.92. The molecule has 0 aromatic heterocycles. The average molecular weight is 296 g/mol. The highest BCUT2D eigenvalue weighted by Gasteiger charge is 2.01. The van der Waals surface area contributed by atoms with Gasteiger partial charge in [-0.1, -0.05) is 0 Å². The first-order chi connectivity index (χ1) is 10.3. The van der Waals surface area contributed by atoms with Crippen molar-refractivity contribution in [1.82, 2.24) is 5.32 Å². The summed E-state index contributed by atoms with van der Waals surface area (Å²) in [5.74, 6) is 0.695. The zero-order valence-corrected chi connectivity index (χ0v) is 12.7. The second-order valence-corrected chi connectivity index (χ2v) is 4.41. The largest absolute Gasteiger partial charge is 0.497 e. The molecule has 0 saturated heterocycles. The lowest BCUT2D eigenvalue weighted by Gasteiger charge is -2.08. The van der Waals surface area contributed by atoms with Gasteiger partial charge in [0.25, 0.3) is 0 Å². The maximum atomic E-state index is 11.7. The van der Waals surface area contributed by atoms with Crippen LogP contribution in [0.2, 0.25) is 0 Å². The number of methoxy groups -OCH3 is 2. The molecule has 1 aromatic rings. The van der Waals surface area contributed by atoms with E-state index in [4.69, 9.17) is 14.2 Å². The van der Waals surface area contributed by atoms with Gasteiger partial charge in [-0.25, -0.2) is 0 Å². The molecular weight excluding hydrogens is 272 g/mol. The molecule has 1 aromatic carbocycles. The van der Waals surface area contributed by atoms with E-state index in [1.165, 1.54) is 0 Å². The Kier molecular flexibility index (Phi) is 9.19. The van der Waals surface area contributed by atoms with Gasteiger partial charge < -0.3 is 24.8 Å². The van der Waals surface area contributed by atoms with Crippen LogP contribution in [0.1, 0.15) is 6.42 Å². The number of anilines is 1. The van der Waals surface area contributed by atoms with E-state index < -0.39 is 0 Å². The lowest BCUT2D eigenvalue weighted by Crippen LogP contribution is -2.29. The van der Waals surface area contributed by atoms with Gasteiger partial charge >= 0.3 is 0 Å². The molecule has 0 aliphatic carbocycles. The Morgan fingerprint density at radius 1 is 1.10 bits per heavy atom. The first-order valence-corrected chi connectivity index (χ1v) is 6.97. The topological polar surface area (TPSA) is 68.8 Å². The molecule has 0 heterocycles. The number of ether oxygens (including phenoxy) is 3. The summed E-state index contributed by atoms with van der Waals surface area (Å²) in [6, 6.07) is 7.22. The smallest absolute Gasteiger partial charge is 0.238 e. The highest BCUT2D eigenvalue weighted by atomic mass is 16.5. The minimum atomic E-state index is -0.0690. The maximum absolute atomic E-state index is 11.7. The summed E-state index contributed by atoms with van der Waals surface area (Å²) < 4.78 is 15.2. The molecule has 0 atom stereocenters. The minimum absolute atomic E-state index is 0.0690. The fraction of sp³-hybridized carbons (Fsp3) is 0.533. The molecule has 0 radical (unpaired) electrons. The molecule has 118 valence electrons. The van der Waals surface area contributed by atoms with Crippen LogP contribution in [-0.4, -0.2) is 53.0 Å². The van der Waals surface area contributed by atoms with Crippen LogP contribution >= 0.6 is 0 Å². The van der Waals surface area contributed by atoms with Crippen LogP contribution in [0.15, 0.2) is 24.3 Å². The summed E-state index contributed by atoms with van der Waals surface area (Å²) in [5, 5.41) is 5.88. The zero-order chi connectivity index (χ0) is 15.3. The van der Waals surface area contributed by atoms with Gasteiger partial charge in [0.05, 0.1) is 26.9 Å². The fourth-order valence-corrected chi connectivity index (χ4v) is 1.63. The van der Waals surface area contributed by atoms with Gasteiger partial charge in [-0.2, -0.15) is 0 Å². The molecule has 0 aliphatic heterocycles. The second-order valence-electron chi connectivity index (χ2n) is 4.41. The van der Waals surface area contributed by atoms with E-state index in [1.54, 1.807) is 38.5 Å². The van der Waals surface area contributed by atoms with Crippen molar-refractivity contribution < 1.29 is 19.0 Å². The van der Waals surface area contributed by atoms with Crippen LogP contribution in [0.3, 0.4) is 0 Å². The van der Waals surface area contributed by atoms with Crippen LogP contribution in [0, 0.1) is 0 Å². The Bertz CT molecular complexity index is 395. The summed E-state index contributed by atoms with van der Waals surface area (Å²) in [5.41, 5.74) is 0.755. The number of hydrogen-bond donors (Lipinski definition) is 2. The number of hydrogen-bond acceptors (Lipinski definition) is 5. The van der Waals surface area contributed by atoms with Crippen molar-refractivity contribution in [2.75, 3.05) is 52.4 Å². The molecule has 0 aliphatic rings. The molecular formula is C15H24N2O4. The van der Waals surface area contributed by atoms with E-state index in [1.807, 2.05) is 0 Å². The molecule has 0 unspecified atom stereocenters. The molecule has 1 rings (SSSR count). The predicted octanol–water partition coefficient (Wildman–Crippen LogP) is 1.28. The van der Waals surface area contributed by atoms with Gasteiger partial charge in [0.15, 0.2) is 0 Å². The van der Waals surface area contributed by atoms with Gasteiger partial charge in [0, 0.05) is 19.4 Å². The van der Waals surface area contributed by atoms with Crippen molar-refractivity contribution in [3.05, 3.63) is 24.3 Å². The summed E-state index contributed by atoms with van der Waals surface area (Å²) in [6.45, 7) is 2.90. The molecule has 6 nitrogen and oxygen atoms in total. The Balaban J connectivity index is 2.05. The normalized spacial score (nSPS) is 10.4. The van der Waals surface area contributed by atoms with Crippen LogP contribution < -0.4 is 15.4 Å². The predicted molar refractivity (Wildman–Crippen MR) is 81.8 cm³/mol. The SMILES string of the molecule is COCCOCCCNCC(=O)Nc1ccc(OC)cc1. The van der Waals surface area contributed by atoms with Crippen molar-refractivity contribution in [2.45, 2.75) is 6.42 Å². The summed E-state index contributed by atoms with van der Waals surface area (Å²) >= 11 is 0. The first-order valence-electron chi connectivity index (χ1n) is 6.97. The number of carbonyl (C=O) groups is 1. The summed E-state index contributed by atoms with van der Waals surface area (Å²) in [6.07, 6.45) is 0.861. The lowest BCUT2D eigenvalue weighted by molar-refractivity contribution is -0.115. The molecule has 0 saturated carbocycles. The van der Waals surface area contributed by atoms with Gasteiger partial charge in [-0.15, -0.1) is 0 Å². The van der Waals surface area contributed by atoms with Crippen LogP contribution in [0.5, 0.6) is 5.75 Å². The molecule has 21 heavy (non-hydrogen) atoms. The Labute approximate surface area is 125 Å². The standard InChI is InChI=1S/C15H24N2O4/c1-19-10-11-21-9-3-8-16-12-15(18)17-13-4-6-14(20-2)7-5-13/h4-7,16H,3,8-12H2,1-2H3,(H,17,18). The lowest BCUT2D eigenvalue weighted by atomic mass is 10.3. The van der Waals surface area contributed by atoms with Crippen molar-refractivity contribution in [1.29, 1.82) is 0 Å². The summed E-state index contributed by atoms with van der Waals surface area (Å²) in [4.78, 5) is 11.7. The maximum Gasteiger partial charge on any atom is 0.238 e. The zero-order valence-electron chi connectivity index (χ0n) is 12.7. The van der Waals surface area contributed by atoms with E-state index in [2.05, 4.69) is 10.6 Å². The minimum Gasteiger partial charge on any atom is -0.497 e. The number of benzene rings is 1. The number of nitrogens with one attached hydrogen (secondary N) is 2. The molecule has 0 bridgehead atoms. The monoisotopic (exact) mass is 296 g/mol. The van der Waals surface area contributed by atoms with Gasteiger partial charge in [0.1, 0.15) is 5.75 Å². The summed E-state index contributed by atoms with van der Waals surface area (Å²) in [7, 11) is 3.25. The van der Waals surface area contributed by atoms with E-state index in [0.29, 0.717) is 19.8 Å². The Morgan fingerprint density at radius 3 is 2.52 bits per heavy atom. The third-order valence-electron chi connectivity index (χ3n) is 2.73. The van der Waals surface area contributed by atoms with Gasteiger partial charge in [-0.05, 0) is 37.2 Å². The Hall–Kier alpha value is -1.63. The van der Waals surface area contributed by atoms with Crippen LogP contribution in [0.4, 0.5) is 5.69 Å². The third-order valence-corrected chi connectivity index (χ3v) is 2.73. The van der Waals surface area contributed by atoms with E-state index >= 15 is 0 Å². The first kappa shape index (κ1) is 17.4. The molecule has 6 heteroatoms. The quantitative estimate of drug-likeness (QED) is 0.602. The number of amides is 1.